The molecular formula is C17H23N3. The Bertz CT molecular complexity index is 608. The van der Waals surface area contributed by atoms with Gasteiger partial charge in [0.05, 0.1) is 17.1 Å². The van der Waals surface area contributed by atoms with Crippen molar-refractivity contribution in [2.24, 2.45) is 7.05 Å². The highest BCUT2D eigenvalue weighted by molar-refractivity contribution is 5.59. The highest BCUT2D eigenvalue weighted by Crippen LogP contribution is 2.18. The standard InChI is InChI=1S/C17H23N3/c1-12(2)16-10-17(20(5)19-16)14(4)18-11-15-9-7-6-8-13(15)3/h6-10,12,18H,4,11H2,1-3,5H3. The third kappa shape index (κ3) is 3.10. The second kappa shape index (κ2) is 5.95. The SMILES string of the molecule is C=C(NCc1ccccc1C)c1cc(C(C)C)nn1C. The zero-order valence-electron chi connectivity index (χ0n) is 12.8. The van der Waals surface area contributed by atoms with Gasteiger partial charge >= 0.3 is 0 Å². The molecule has 20 heavy (non-hydrogen) atoms. The fourth-order valence-corrected chi connectivity index (χ4v) is 2.15. The molecule has 2 rings (SSSR count). The molecule has 0 saturated carbocycles. The van der Waals surface area contributed by atoms with Crippen molar-refractivity contribution in [1.29, 1.82) is 0 Å². The summed E-state index contributed by atoms with van der Waals surface area (Å²) < 4.78 is 1.89. The van der Waals surface area contributed by atoms with E-state index in [1.165, 1.54) is 11.1 Å². The number of aryl methyl sites for hydroxylation is 2. The summed E-state index contributed by atoms with van der Waals surface area (Å²) in [5, 5.41) is 7.91. The number of benzene rings is 1. The summed E-state index contributed by atoms with van der Waals surface area (Å²) in [5.74, 6) is 0.430. The van der Waals surface area contributed by atoms with Crippen LogP contribution < -0.4 is 5.32 Å². The van der Waals surface area contributed by atoms with Crippen LogP contribution in [0.2, 0.25) is 0 Å². The first-order valence-corrected chi connectivity index (χ1v) is 7.00. The van der Waals surface area contributed by atoms with Crippen LogP contribution in [-0.4, -0.2) is 9.78 Å². The van der Waals surface area contributed by atoms with Crippen LogP contribution in [0, 0.1) is 6.92 Å². The quantitative estimate of drug-likeness (QED) is 0.898. The zero-order valence-corrected chi connectivity index (χ0v) is 12.8. The van der Waals surface area contributed by atoms with Crippen LogP contribution in [0.5, 0.6) is 0 Å². The molecule has 106 valence electrons. The van der Waals surface area contributed by atoms with E-state index in [4.69, 9.17) is 0 Å². The van der Waals surface area contributed by atoms with Gasteiger partial charge in [-0.05, 0) is 30.0 Å². The lowest BCUT2D eigenvalue weighted by Crippen LogP contribution is -2.14. The lowest BCUT2D eigenvalue weighted by Gasteiger charge is -2.11. The molecule has 2 aromatic rings. The van der Waals surface area contributed by atoms with Crippen LogP contribution in [0.3, 0.4) is 0 Å². The van der Waals surface area contributed by atoms with E-state index in [0.717, 1.165) is 23.6 Å². The normalized spacial score (nSPS) is 10.8. The molecule has 0 unspecified atom stereocenters. The van der Waals surface area contributed by atoms with Crippen LogP contribution in [0.25, 0.3) is 5.70 Å². The molecular weight excluding hydrogens is 246 g/mol. The second-order valence-corrected chi connectivity index (χ2v) is 5.49. The molecule has 3 nitrogen and oxygen atoms in total. The highest BCUT2D eigenvalue weighted by Gasteiger charge is 2.10. The molecule has 3 heteroatoms. The zero-order chi connectivity index (χ0) is 14.7. The van der Waals surface area contributed by atoms with Gasteiger partial charge in [0.25, 0.3) is 0 Å². The molecule has 0 radical (unpaired) electrons. The summed E-state index contributed by atoms with van der Waals surface area (Å²) in [6.45, 7) is 11.3. The minimum Gasteiger partial charge on any atom is -0.380 e. The van der Waals surface area contributed by atoms with Crippen molar-refractivity contribution in [1.82, 2.24) is 15.1 Å². The fourth-order valence-electron chi connectivity index (χ4n) is 2.15. The van der Waals surface area contributed by atoms with E-state index in [0.29, 0.717) is 5.92 Å². The topological polar surface area (TPSA) is 29.9 Å². The van der Waals surface area contributed by atoms with Gasteiger partial charge in [-0.15, -0.1) is 0 Å². The van der Waals surface area contributed by atoms with Crippen LogP contribution in [0.15, 0.2) is 36.9 Å². The number of nitrogens with one attached hydrogen (secondary N) is 1. The van der Waals surface area contributed by atoms with Crippen molar-refractivity contribution >= 4 is 5.70 Å². The largest absolute Gasteiger partial charge is 0.380 e. The van der Waals surface area contributed by atoms with Gasteiger partial charge in [-0.3, -0.25) is 4.68 Å². The van der Waals surface area contributed by atoms with Gasteiger partial charge in [0, 0.05) is 13.6 Å². The van der Waals surface area contributed by atoms with Crippen molar-refractivity contribution < 1.29 is 0 Å². The van der Waals surface area contributed by atoms with Gasteiger partial charge in [0.1, 0.15) is 0 Å². The molecule has 0 bridgehead atoms. The van der Waals surface area contributed by atoms with Crippen molar-refractivity contribution in [3.63, 3.8) is 0 Å². The maximum atomic E-state index is 4.52. The van der Waals surface area contributed by atoms with Gasteiger partial charge in [-0.1, -0.05) is 44.7 Å². The molecule has 0 aliphatic heterocycles. The second-order valence-electron chi connectivity index (χ2n) is 5.49. The van der Waals surface area contributed by atoms with Crippen LogP contribution in [-0.2, 0) is 13.6 Å². The fraction of sp³-hybridized carbons (Fsp3) is 0.353. The Labute approximate surface area is 121 Å². The monoisotopic (exact) mass is 269 g/mol. The van der Waals surface area contributed by atoms with E-state index in [-0.39, 0.29) is 0 Å². The summed E-state index contributed by atoms with van der Waals surface area (Å²) in [7, 11) is 1.96. The predicted molar refractivity (Wildman–Crippen MR) is 84.3 cm³/mol. The molecule has 1 heterocycles. The summed E-state index contributed by atoms with van der Waals surface area (Å²) >= 11 is 0. The Morgan fingerprint density at radius 2 is 2.05 bits per heavy atom. The molecule has 1 aromatic heterocycles. The van der Waals surface area contributed by atoms with E-state index in [1.54, 1.807) is 0 Å². The Kier molecular flexibility index (Phi) is 4.28. The number of hydrogen-bond donors (Lipinski definition) is 1. The maximum Gasteiger partial charge on any atom is 0.0834 e. The third-order valence-electron chi connectivity index (χ3n) is 3.55. The molecule has 1 N–H and O–H groups in total. The van der Waals surface area contributed by atoms with Crippen LogP contribution in [0.4, 0.5) is 0 Å². The molecule has 0 aliphatic carbocycles. The van der Waals surface area contributed by atoms with Gasteiger partial charge in [0.15, 0.2) is 0 Å². The van der Waals surface area contributed by atoms with E-state index in [2.05, 4.69) is 68.1 Å². The van der Waals surface area contributed by atoms with Gasteiger partial charge in [-0.25, -0.2) is 0 Å². The molecule has 0 aliphatic rings. The number of rotatable bonds is 5. The number of hydrogen-bond acceptors (Lipinski definition) is 2. The number of nitrogens with zero attached hydrogens (tertiary/aromatic N) is 2. The summed E-state index contributed by atoms with van der Waals surface area (Å²) in [5.41, 5.74) is 5.64. The van der Waals surface area contributed by atoms with Crippen molar-refractivity contribution in [3.05, 3.63) is 59.4 Å². The molecule has 0 atom stereocenters. The molecule has 1 aromatic carbocycles. The number of aromatic nitrogens is 2. The Hall–Kier alpha value is -2.03. The maximum absolute atomic E-state index is 4.52. The van der Waals surface area contributed by atoms with E-state index in [1.807, 2.05) is 11.7 Å². The van der Waals surface area contributed by atoms with Crippen molar-refractivity contribution in [2.75, 3.05) is 0 Å². The van der Waals surface area contributed by atoms with E-state index in [9.17, 15) is 0 Å². The average molecular weight is 269 g/mol. The smallest absolute Gasteiger partial charge is 0.0834 e. The van der Waals surface area contributed by atoms with Gasteiger partial charge in [-0.2, -0.15) is 5.10 Å². The predicted octanol–water partition coefficient (Wildman–Crippen LogP) is 3.61. The van der Waals surface area contributed by atoms with Gasteiger partial charge in [0.2, 0.25) is 0 Å². The average Bonchev–Trinajstić information content (AvgIpc) is 2.80. The van der Waals surface area contributed by atoms with Crippen LogP contribution in [0.1, 0.15) is 42.3 Å². The molecule has 0 amide bonds. The molecule has 0 saturated heterocycles. The first kappa shape index (κ1) is 14.4. The summed E-state index contributed by atoms with van der Waals surface area (Å²) in [6, 6.07) is 10.5. The van der Waals surface area contributed by atoms with Crippen molar-refractivity contribution in [3.8, 4) is 0 Å². The Balaban J connectivity index is 2.07. The molecule has 0 fully saturated rings. The Morgan fingerprint density at radius 3 is 2.65 bits per heavy atom. The van der Waals surface area contributed by atoms with Crippen LogP contribution >= 0.6 is 0 Å². The third-order valence-corrected chi connectivity index (χ3v) is 3.55. The lowest BCUT2D eigenvalue weighted by atomic mass is 10.1. The first-order valence-electron chi connectivity index (χ1n) is 7.00. The van der Waals surface area contributed by atoms with Crippen molar-refractivity contribution in [2.45, 2.75) is 33.2 Å². The minimum absolute atomic E-state index is 0.430. The van der Waals surface area contributed by atoms with E-state index >= 15 is 0 Å². The lowest BCUT2D eigenvalue weighted by molar-refractivity contribution is 0.701. The minimum atomic E-state index is 0.430. The summed E-state index contributed by atoms with van der Waals surface area (Å²) in [4.78, 5) is 0. The van der Waals surface area contributed by atoms with Gasteiger partial charge < -0.3 is 5.32 Å². The van der Waals surface area contributed by atoms with E-state index < -0.39 is 0 Å². The Morgan fingerprint density at radius 1 is 1.35 bits per heavy atom. The molecule has 0 spiro atoms. The summed E-state index contributed by atoms with van der Waals surface area (Å²) in [6.07, 6.45) is 0. The first-order chi connectivity index (χ1) is 9.49. The highest BCUT2D eigenvalue weighted by atomic mass is 15.3.